The minimum Gasteiger partial charge on any atom is -0.341 e. The molecule has 0 unspecified atom stereocenters. The third kappa shape index (κ3) is 3.59. The fraction of sp³-hybridized carbons (Fsp3) is 0.333. The number of nitrogens with zero attached hydrogens (tertiary/aromatic N) is 4. The van der Waals surface area contributed by atoms with Crippen molar-refractivity contribution in [2.75, 3.05) is 13.1 Å². The molecule has 0 aromatic heterocycles. The quantitative estimate of drug-likeness (QED) is 0.753. The van der Waals surface area contributed by atoms with Gasteiger partial charge in [-0.25, -0.2) is 0 Å². The van der Waals surface area contributed by atoms with Crippen molar-refractivity contribution in [3.8, 4) is 0 Å². The zero-order valence-electron chi connectivity index (χ0n) is 10.8. The van der Waals surface area contributed by atoms with Gasteiger partial charge in [0.15, 0.2) is 5.84 Å². The number of hydrogen-bond donors (Lipinski definition) is 0. The van der Waals surface area contributed by atoms with Crippen LogP contribution in [0.25, 0.3) is 0 Å². The van der Waals surface area contributed by atoms with Crippen molar-refractivity contribution in [1.82, 2.24) is 4.90 Å². The molecule has 0 saturated carbocycles. The van der Waals surface area contributed by atoms with Crippen LogP contribution in [0.5, 0.6) is 0 Å². The fourth-order valence-corrected chi connectivity index (χ4v) is 3.39. The normalized spacial score (nSPS) is 17.3. The lowest BCUT2D eigenvalue weighted by molar-refractivity contribution is 0.462. The maximum Gasteiger partial charge on any atom is 0.258 e. The topological polar surface area (TPSA) is 40.3 Å². The second kappa shape index (κ2) is 6.08. The standard InChI is InChI=1S/C12H15Cl2N4P/c1-3-18(4-2)12-15-11(16-19(13,14)17-12)10-8-6-5-7-9-10/h5-9H,3-4H2,1-2H3. The first-order valence-corrected chi connectivity index (χ1v) is 9.57. The van der Waals surface area contributed by atoms with E-state index in [2.05, 4.69) is 14.5 Å². The van der Waals surface area contributed by atoms with Gasteiger partial charge in [0.2, 0.25) is 5.96 Å². The van der Waals surface area contributed by atoms with Crippen LogP contribution < -0.4 is 0 Å². The summed E-state index contributed by atoms with van der Waals surface area (Å²) in [6.07, 6.45) is 0. The van der Waals surface area contributed by atoms with Crippen molar-refractivity contribution in [2.24, 2.45) is 14.5 Å². The Balaban J connectivity index is 2.46. The average Bonchev–Trinajstić information content (AvgIpc) is 2.39. The summed E-state index contributed by atoms with van der Waals surface area (Å²) in [7, 11) is 0. The van der Waals surface area contributed by atoms with E-state index in [-0.39, 0.29) is 0 Å². The Labute approximate surface area is 122 Å². The second-order valence-electron chi connectivity index (χ2n) is 3.93. The molecule has 1 aromatic rings. The highest BCUT2D eigenvalue weighted by atomic mass is 35.9. The van der Waals surface area contributed by atoms with E-state index in [4.69, 9.17) is 22.5 Å². The van der Waals surface area contributed by atoms with Gasteiger partial charge in [-0.2, -0.15) is 14.5 Å². The third-order valence-corrected chi connectivity index (χ3v) is 4.47. The SMILES string of the molecule is CCN(CC)C1=NC(c2ccccc2)=NP(Cl)(Cl)=N1. The number of benzene rings is 1. The lowest BCUT2D eigenvalue weighted by atomic mass is 10.2. The average molecular weight is 317 g/mol. The van der Waals surface area contributed by atoms with Gasteiger partial charge in [0.1, 0.15) is 0 Å². The van der Waals surface area contributed by atoms with Crippen LogP contribution in [0.1, 0.15) is 19.4 Å². The van der Waals surface area contributed by atoms with E-state index >= 15 is 0 Å². The molecule has 0 radical (unpaired) electrons. The van der Waals surface area contributed by atoms with E-state index in [0.29, 0.717) is 11.8 Å². The molecule has 4 nitrogen and oxygen atoms in total. The number of rotatable bonds is 3. The van der Waals surface area contributed by atoms with Crippen LogP contribution in [-0.4, -0.2) is 29.8 Å². The smallest absolute Gasteiger partial charge is 0.258 e. The minimum atomic E-state index is -2.71. The lowest BCUT2D eigenvalue weighted by Gasteiger charge is -2.23. The number of guanidine groups is 1. The summed E-state index contributed by atoms with van der Waals surface area (Å²) < 4.78 is 8.53. The Morgan fingerprint density at radius 2 is 1.74 bits per heavy atom. The van der Waals surface area contributed by atoms with Crippen LogP contribution in [0.3, 0.4) is 0 Å². The van der Waals surface area contributed by atoms with E-state index < -0.39 is 5.91 Å². The van der Waals surface area contributed by atoms with Crippen molar-refractivity contribution in [2.45, 2.75) is 13.8 Å². The Hall–Kier alpha value is -0.830. The predicted octanol–water partition coefficient (Wildman–Crippen LogP) is 4.57. The molecule has 0 spiro atoms. The van der Waals surface area contributed by atoms with Gasteiger partial charge in [0, 0.05) is 18.7 Å². The third-order valence-electron chi connectivity index (χ3n) is 2.71. The molecule has 102 valence electrons. The number of amidine groups is 1. The summed E-state index contributed by atoms with van der Waals surface area (Å²) >= 11 is 12.4. The molecule has 1 aromatic carbocycles. The monoisotopic (exact) mass is 316 g/mol. The molecule has 2 rings (SSSR count). The number of halogens is 2. The lowest BCUT2D eigenvalue weighted by Crippen LogP contribution is -2.30. The summed E-state index contributed by atoms with van der Waals surface area (Å²) in [5.74, 6) is -1.59. The highest BCUT2D eigenvalue weighted by molar-refractivity contribution is 8.09. The largest absolute Gasteiger partial charge is 0.341 e. The molecule has 0 saturated heterocycles. The van der Waals surface area contributed by atoms with E-state index in [1.165, 1.54) is 0 Å². The summed E-state index contributed by atoms with van der Waals surface area (Å²) in [6, 6.07) is 9.66. The first-order chi connectivity index (χ1) is 9.05. The Morgan fingerprint density at radius 3 is 2.32 bits per heavy atom. The van der Waals surface area contributed by atoms with E-state index in [9.17, 15) is 0 Å². The molecule has 1 aliphatic heterocycles. The molecule has 7 heteroatoms. The van der Waals surface area contributed by atoms with Crippen molar-refractivity contribution in [3.05, 3.63) is 35.9 Å². The molecule has 0 fully saturated rings. The molecule has 1 heterocycles. The van der Waals surface area contributed by atoms with Crippen molar-refractivity contribution in [3.63, 3.8) is 0 Å². The van der Waals surface area contributed by atoms with Crippen LogP contribution in [0, 0.1) is 0 Å². The molecule has 0 amide bonds. The van der Waals surface area contributed by atoms with Crippen LogP contribution in [-0.2, 0) is 0 Å². The molecule has 0 atom stereocenters. The van der Waals surface area contributed by atoms with Gasteiger partial charge in [-0.1, -0.05) is 30.3 Å². The molecule has 19 heavy (non-hydrogen) atoms. The maximum atomic E-state index is 6.18. The van der Waals surface area contributed by atoms with Gasteiger partial charge >= 0.3 is 0 Å². The molecule has 1 aliphatic rings. The highest BCUT2D eigenvalue weighted by Crippen LogP contribution is 2.63. The van der Waals surface area contributed by atoms with Gasteiger partial charge in [-0.15, -0.1) is 0 Å². The van der Waals surface area contributed by atoms with Crippen LogP contribution in [0.4, 0.5) is 0 Å². The Bertz CT molecular complexity index is 558. The van der Waals surface area contributed by atoms with Gasteiger partial charge in [-0.05, 0) is 36.3 Å². The van der Waals surface area contributed by atoms with E-state index in [1.807, 2.05) is 49.1 Å². The van der Waals surface area contributed by atoms with Crippen LogP contribution in [0.2, 0.25) is 0 Å². The second-order valence-corrected chi connectivity index (χ2v) is 8.59. The first kappa shape index (κ1) is 14.6. The van der Waals surface area contributed by atoms with Crippen LogP contribution in [0.15, 0.2) is 44.8 Å². The van der Waals surface area contributed by atoms with Crippen molar-refractivity contribution in [1.29, 1.82) is 0 Å². The summed E-state index contributed by atoms with van der Waals surface area (Å²) in [5, 5.41) is 0. The molecule has 0 bridgehead atoms. The Morgan fingerprint density at radius 1 is 1.11 bits per heavy atom. The summed E-state index contributed by atoms with van der Waals surface area (Å²) in [4.78, 5) is 6.49. The zero-order valence-corrected chi connectivity index (χ0v) is 13.2. The maximum absolute atomic E-state index is 6.18. The Kier molecular flexibility index (Phi) is 4.67. The molecular weight excluding hydrogens is 302 g/mol. The van der Waals surface area contributed by atoms with Gasteiger partial charge in [0.25, 0.3) is 5.91 Å². The zero-order chi connectivity index (χ0) is 13.9. The first-order valence-electron chi connectivity index (χ1n) is 6.06. The van der Waals surface area contributed by atoms with E-state index in [1.54, 1.807) is 0 Å². The van der Waals surface area contributed by atoms with Gasteiger partial charge in [0.05, 0.1) is 0 Å². The summed E-state index contributed by atoms with van der Waals surface area (Å²) in [5.41, 5.74) is 0.896. The van der Waals surface area contributed by atoms with Crippen molar-refractivity contribution >= 4 is 40.2 Å². The summed E-state index contributed by atoms with van der Waals surface area (Å²) in [6.45, 7) is 5.68. The van der Waals surface area contributed by atoms with Gasteiger partial charge < -0.3 is 4.90 Å². The van der Waals surface area contributed by atoms with E-state index in [0.717, 1.165) is 18.7 Å². The molecule has 0 aliphatic carbocycles. The number of aliphatic imine (C=N–C) groups is 1. The fourth-order valence-electron chi connectivity index (χ4n) is 1.73. The minimum absolute atomic E-state index is 0.552. The molecular formula is C12H15Cl2N4P. The predicted molar refractivity (Wildman–Crippen MR) is 84.4 cm³/mol. The number of hydrogen-bond acceptors (Lipinski definition) is 4. The van der Waals surface area contributed by atoms with Crippen molar-refractivity contribution < 1.29 is 0 Å². The highest BCUT2D eigenvalue weighted by Gasteiger charge is 2.22. The molecule has 0 N–H and O–H groups in total. The van der Waals surface area contributed by atoms with Gasteiger partial charge in [-0.3, -0.25) is 0 Å². The van der Waals surface area contributed by atoms with Crippen LogP contribution >= 0.6 is 28.4 Å².